The standard InChI is InChI=1S/C17H25N.C10H19N.H2/c1-17(2)16(12-14-8-9-14)10-11-18(17)13-15-6-4-3-5-7-15;1-10(2)9(5-6-11-10)7-8-3-4-8;/h3-7,14,16H,8-13H2,1-2H3;8-9,11H,3-7H2,1-2H3;1H. The van der Waals surface area contributed by atoms with Crippen molar-refractivity contribution >= 4 is 0 Å². The van der Waals surface area contributed by atoms with Gasteiger partial charge in [0.2, 0.25) is 0 Å². The van der Waals surface area contributed by atoms with Crippen molar-refractivity contribution in [1.29, 1.82) is 0 Å². The molecule has 2 heterocycles. The van der Waals surface area contributed by atoms with E-state index < -0.39 is 0 Å². The number of likely N-dealkylation sites (tertiary alicyclic amines) is 1. The van der Waals surface area contributed by atoms with Crippen molar-refractivity contribution in [3.63, 3.8) is 0 Å². The van der Waals surface area contributed by atoms with E-state index in [9.17, 15) is 0 Å². The van der Waals surface area contributed by atoms with Crippen LogP contribution in [0.1, 0.15) is 86.1 Å². The number of nitrogens with zero attached hydrogens (tertiary/aromatic N) is 1. The lowest BCUT2D eigenvalue weighted by molar-refractivity contribution is 0.124. The molecule has 2 atom stereocenters. The predicted octanol–water partition coefficient (Wildman–Crippen LogP) is 6.51. The lowest BCUT2D eigenvalue weighted by atomic mass is 9.84. The summed E-state index contributed by atoms with van der Waals surface area (Å²) in [5.41, 5.74) is 2.28. The number of benzene rings is 1. The summed E-state index contributed by atoms with van der Waals surface area (Å²) in [7, 11) is 0. The summed E-state index contributed by atoms with van der Waals surface area (Å²) in [5.74, 6) is 4.02. The second kappa shape index (κ2) is 8.71. The molecule has 0 aromatic heterocycles. The van der Waals surface area contributed by atoms with Crippen molar-refractivity contribution in [3.05, 3.63) is 35.9 Å². The van der Waals surface area contributed by atoms with E-state index >= 15 is 0 Å². The van der Waals surface area contributed by atoms with Crippen LogP contribution < -0.4 is 5.32 Å². The molecule has 4 fully saturated rings. The van der Waals surface area contributed by atoms with E-state index in [2.05, 4.69) is 68.2 Å². The van der Waals surface area contributed by atoms with E-state index in [4.69, 9.17) is 0 Å². The summed E-state index contributed by atoms with van der Waals surface area (Å²) in [6.45, 7) is 13.3. The van der Waals surface area contributed by atoms with Crippen LogP contribution in [0.15, 0.2) is 30.3 Å². The first kappa shape index (κ1) is 21.4. The van der Waals surface area contributed by atoms with E-state index in [0.29, 0.717) is 11.1 Å². The van der Waals surface area contributed by atoms with E-state index in [-0.39, 0.29) is 1.43 Å². The van der Waals surface area contributed by atoms with E-state index in [1.807, 2.05) is 0 Å². The van der Waals surface area contributed by atoms with Gasteiger partial charge >= 0.3 is 0 Å². The normalized spacial score (nSPS) is 30.8. The Morgan fingerprint density at radius 1 is 0.862 bits per heavy atom. The SMILES string of the molecule is CC1(C)C(CC2CC2)CCN1Cc1ccccc1.CC1(C)NCCC1CC1CC1.[HH]. The van der Waals surface area contributed by atoms with Crippen molar-refractivity contribution in [1.82, 2.24) is 10.2 Å². The first-order chi connectivity index (χ1) is 13.8. The molecule has 0 spiro atoms. The van der Waals surface area contributed by atoms with Gasteiger partial charge in [0.15, 0.2) is 0 Å². The van der Waals surface area contributed by atoms with Gasteiger partial charge in [-0.1, -0.05) is 56.0 Å². The number of hydrogen-bond acceptors (Lipinski definition) is 2. The molecule has 1 N–H and O–H groups in total. The zero-order valence-electron chi connectivity index (χ0n) is 19.4. The minimum atomic E-state index is 0. The first-order valence-corrected chi connectivity index (χ1v) is 12.4. The number of nitrogens with one attached hydrogen (secondary N) is 1. The molecule has 1 aromatic rings. The van der Waals surface area contributed by atoms with Crippen LogP contribution in [0.2, 0.25) is 0 Å². The maximum Gasteiger partial charge on any atom is 0.0239 e. The van der Waals surface area contributed by atoms with Gasteiger partial charge < -0.3 is 5.32 Å². The topological polar surface area (TPSA) is 15.3 Å². The molecule has 4 aliphatic rings. The largest absolute Gasteiger partial charge is 0.312 e. The van der Waals surface area contributed by atoms with Crippen LogP contribution in [0.25, 0.3) is 0 Å². The highest BCUT2D eigenvalue weighted by Crippen LogP contribution is 2.45. The Morgan fingerprint density at radius 3 is 2.03 bits per heavy atom. The van der Waals surface area contributed by atoms with Crippen molar-refractivity contribution < 1.29 is 1.43 Å². The Hall–Kier alpha value is -0.860. The molecular formula is C27H46N2. The van der Waals surface area contributed by atoms with Crippen LogP contribution in [0.3, 0.4) is 0 Å². The molecule has 1 aromatic carbocycles. The third-order valence-corrected chi connectivity index (χ3v) is 8.50. The monoisotopic (exact) mass is 398 g/mol. The summed E-state index contributed by atoms with van der Waals surface area (Å²) < 4.78 is 0. The third-order valence-electron chi connectivity index (χ3n) is 8.50. The molecule has 2 aliphatic heterocycles. The fraction of sp³-hybridized carbons (Fsp3) is 0.778. The van der Waals surface area contributed by atoms with Crippen molar-refractivity contribution in [3.8, 4) is 0 Å². The van der Waals surface area contributed by atoms with Crippen molar-refractivity contribution in [2.75, 3.05) is 13.1 Å². The predicted molar refractivity (Wildman–Crippen MR) is 126 cm³/mol. The molecule has 2 unspecified atom stereocenters. The van der Waals surface area contributed by atoms with Crippen LogP contribution in [0, 0.1) is 23.7 Å². The van der Waals surface area contributed by atoms with E-state index in [1.165, 1.54) is 70.0 Å². The summed E-state index contributed by atoms with van der Waals surface area (Å²) in [4.78, 5) is 2.69. The molecule has 2 saturated carbocycles. The lowest BCUT2D eigenvalue weighted by Gasteiger charge is -2.36. The van der Waals surface area contributed by atoms with Crippen LogP contribution in [0.4, 0.5) is 0 Å². The Labute approximate surface area is 181 Å². The van der Waals surface area contributed by atoms with Crippen molar-refractivity contribution in [2.45, 2.75) is 96.7 Å². The molecule has 29 heavy (non-hydrogen) atoms. The number of rotatable bonds is 6. The van der Waals surface area contributed by atoms with Crippen LogP contribution in [-0.2, 0) is 6.54 Å². The first-order valence-electron chi connectivity index (χ1n) is 12.4. The van der Waals surface area contributed by atoms with Gasteiger partial charge in [-0.2, -0.15) is 0 Å². The maximum atomic E-state index is 3.58. The fourth-order valence-electron chi connectivity index (χ4n) is 5.70. The van der Waals surface area contributed by atoms with Gasteiger partial charge in [0.05, 0.1) is 0 Å². The second-order valence-electron chi connectivity index (χ2n) is 11.5. The Bertz CT molecular complexity index is 648. The summed E-state index contributed by atoms with van der Waals surface area (Å²) in [6, 6.07) is 10.9. The smallest absolute Gasteiger partial charge is 0.0239 e. The highest BCUT2D eigenvalue weighted by atomic mass is 15.2. The fourth-order valence-corrected chi connectivity index (χ4v) is 5.70. The van der Waals surface area contributed by atoms with Crippen LogP contribution in [-0.4, -0.2) is 29.1 Å². The molecule has 2 heteroatoms. The minimum Gasteiger partial charge on any atom is -0.312 e. The zero-order valence-corrected chi connectivity index (χ0v) is 19.4. The molecule has 164 valence electrons. The van der Waals surface area contributed by atoms with Gasteiger partial charge in [0, 0.05) is 19.0 Å². The molecule has 0 bridgehead atoms. The third kappa shape index (κ3) is 5.64. The van der Waals surface area contributed by atoms with Gasteiger partial charge in [-0.3, -0.25) is 4.90 Å². The molecule has 2 aliphatic carbocycles. The summed E-state index contributed by atoms with van der Waals surface area (Å²) >= 11 is 0. The van der Waals surface area contributed by atoms with Gasteiger partial charge in [0.1, 0.15) is 0 Å². The van der Waals surface area contributed by atoms with Gasteiger partial charge in [-0.15, -0.1) is 0 Å². The molecule has 5 rings (SSSR count). The molecular weight excluding hydrogens is 352 g/mol. The van der Waals surface area contributed by atoms with Gasteiger partial charge in [-0.05, 0) is 95.7 Å². The molecule has 2 nitrogen and oxygen atoms in total. The second-order valence-corrected chi connectivity index (χ2v) is 11.5. The zero-order chi connectivity index (χ0) is 20.5. The van der Waals surface area contributed by atoms with E-state index in [0.717, 1.165) is 30.2 Å². The minimum absolute atomic E-state index is 0. The quantitative estimate of drug-likeness (QED) is 0.588. The van der Waals surface area contributed by atoms with Crippen LogP contribution >= 0.6 is 0 Å². The van der Waals surface area contributed by atoms with E-state index in [1.54, 1.807) is 0 Å². The Kier molecular flexibility index (Phi) is 6.42. The Balaban J connectivity index is 0.000000184. The van der Waals surface area contributed by atoms with Crippen molar-refractivity contribution in [2.24, 2.45) is 23.7 Å². The van der Waals surface area contributed by atoms with Gasteiger partial charge in [-0.25, -0.2) is 0 Å². The van der Waals surface area contributed by atoms with Crippen LogP contribution in [0.5, 0.6) is 0 Å². The highest BCUT2D eigenvalue weighted by molar-refractivity contribution is 5.15. The molecule has 2 saturated heterocycles. The average molecular weight is 399 g/mol. The summed E-state index contributed by atoms with van der Waals surface area (Å²) in [5, 5.41) is 3.58. The lowest BCUT2D eigenvalue weighted by Crippen LogP contribution is -2.42. The summed E-state index contributed by atoms with van der Waals surface area (Å²) in [6.07, 6.45) is 11.8. The van der Waals surface area contributed by atoms with Gasteiger partial charge in [0.25, 0.3) is 0 Å². The highest BCUT2D eigenvalue weighted by Gasteiger charge is 2.43. The molecule has 0 radical (unpaired) electrons. The Morgan fingerprint density at radius 2 is 1.48 bits per heavy atom. The average Bonchev–Trinajstić information content (AvgIpc) is 3.59. The maximum absolute atomic E-state index is 3.58. The number of hydrogen-bond donors (Lipinski definition) is 1. The molecule has 0 amide bonds.